The molecule has 0 aliphatic rings. The van der Waals surface area contributed by atoms with Crippen molar-refractivity contribution in [2.75, 3.05) is 6.54 Å². The summed E-state index contributed by atoms with van der Waals surface area (Å²) in [5.74, 6) is -0.139. The molecule has 2 aromatic rings. The number of nitrogens with one attached hydrogen (secondary N) is 2. The maximum absolute atomic E-state index is 11.8. The largest absolute Gasteiger partial charge is 0.444 e. The molecular formula is C16H21N3O3S. The van der Waals surface area contributed by atoms with E-state index in [0.29, 0.717) is 6.54 Å². The normalized spacial score (nSPS) is 11.3. The van der Waals surface area contributed by atoms with Crippen LogP contribution in [0.1, 0.15) is 32.2 Å². The van der Waals surface area contributed by atoms with Crippen LogP contribution in [0.5, 0.6) is 0 Å². The van der Waals surface area contributed by atoms with E-state index in [0.717, 1.165) is 15.2 Å². The van der Waals surface area contributed by atoms with Crippen LogP contribution in [0.4, 0.5) is 4.79 Å². The molecule has 0 fully saturated rings. The van der Waals surface area contributed by atoms with Gasteiger partial charge in [-0.05, 0) is 32.9 Å². The number of aromatic nitrogens is 1. The predicted molar refractivity (Wildman–Crippen MR) is 90.3 cm³/mol. The van der Waals surface area contributed by atoms with Crippen molar-refractivity contribution in [2.45, 2.75) is 39.3 Å². The van der Waals surface area contributed by atoms with Gasteiger partial charge in [-0.3, -0.25) is 4.79 Å². The number of benzene rings is 1. The zero-order valence-electron chi connectivity index (χ0n) is 13.5. The first kappa shape index (κ1) is 17.2. The van der Waals surface area contributed by atoms with Crippen LogP contribution in [0.25, 0.3) is 10.2 Å². The number of amides is 2. The highest BCUT2D eigenvalue weighted by atomic mass is 32.1. The van der Waals surface area contributed by atoms with Crippen LogP contribution in [0.3, 0.4) is 0 Å². The molecule has 2 amide bonds. The topological polar surface area (TPSA) is 80.3 Å². The van der Waals surface area contributed by atoms with Gasteiger partial charge in [0, 0.05) is 13.0 Å². The zero-order chi connectivity index (χ0) is 16.9. The maximum Gasteiger partial charge on any atom is 0.407 e. The molecule has 2 N–H and O–H groups in total. The van der Waals surface area contributed by atoms with Crippen molar-refractivity contribution in [1.29, 1.82) is 0 Å². The molecule has 0 atom stereocenters. The molecule has 0 radical (unpaired) electrons. The molecule has 0 bridgehead atoms. The smallest absolute Gasteiger partial charge is 0.407 e. The molecule has 2 rings (SSSR count). The fourth-order valence-electron chi connectivity index (χ4n) is 1.85. The third-order valence-corrected chi connectivity index (χ3v) is 3.83. The fourth-order valence-corrected chi connectivity index (χ4v) is 2.76. The second-order valence-electron chi connectivity index (χ2n) is 6.03. The van der Waals surface area contributed by atoms with E-state index in [1.54, 1.807) is 32.1 Å². The summed E-state index contributed by atoms with van der Waals surface area (Å²) in [7, 11) is 0. The molecule has 0 saturated carbocycles. The average Bonchev–Trinajstić information content (AvgIpc) is 2.86. The van der Waals surface area contributed by atoms with Crippen LogP contribution in [0, 0.1) is 0 Å². The van der Waals surface area contributed by atoms with Gasteiger partial charge in [-0.15, -0.1) is 11.3 Å². The number of nitrogens with zero attached hydrogens (tertiary/aromatic N) is 1. The summed E-state index contributed by atoms with van der Waals surface area (Å²) in [5.41, 5.74) is 0.396. The zero-order valence-corrected chi connectivity index (χ0v) is 14.3. The highest BCUT2D eigenvalue weighted by Gasteiger charge is 2.15. The molecule has 23 heavy (non-hydrogen) atoms. The van der Waals surface area contributed by atoms with Gasteiger partial charge in [0.1, 0.15) is 10.6 Å². The molecule has 0 unspecified atom stereocenters. The maximum atomic E-state index is 11.8. The Labute approximate surface area is 139 Å². The van der Waals surface area contributed by atoms with E-state index in [2.05, 4.69) is 15.6 Å². The quantitative estimate of drug-likeness (QED) is 0.880. The first-order chi connectivity index (χ1) is 10.8. The Balaban J connectivity index is 1.70. The Kier molecular flexibility index (Phi) is 5.54. The summed E-state index contributed by atoms with van der Waals surface area (Å²) in [6.07, 6.45) is -0.319. The highest BCUT2D eigenvalue weighted by Crippen LogP contribution is 2.21. The first-order valence-electron chi connectivity index (χ1n) is 7.41. The lowest BCUT2D eigenvalue weighted by Gasteiger charge is -2.19. The molecule has 1 heterocycles. The number of thiazole rings is 1. The third-order valence-electron chi connectivity index (χ3n) is 2.80. The highest BCUT2D eigenvalue weighted by molar-refractivity contribution is 7.18. The van der Waals surface area contributed by atoms with Gasteiger partial charge in [0.25, 0.3) is 0 Å². The Bertz CT molecular complexity index is 658. The standard InChI is InChI=1S/C16H21N3O3S/c1-16(2,3)22-15(21)17-9-8-13(20)18-10-14-19-11-6-4-5-7-12(11)23-14/h4-7H,8-10H2,1-3H3,(H,17,21)(H,18,20). The van der Waals surface area contributed by atoms with E-state index in [1.165, 1.54) is 0 Å². The minimum absolute atomic E-state index is 0.139. The van der Waals surface area contributed by atoms with Crippen molar-refractivity contribution >= 4 is 33.6 Å². The van der Waals surface area contributed by atoms with Gasteiger partial charge in [0.15, 0.2) is 0 Å². The Morgan fingerprint density at radius 1 is 1.22 bits per heavy atom. The molecular weight excluding hydrogens is 314 g/mol. The minimum atomic E-state index is -0.542. The van der Waals surface area contributed by atoms with Gasteiger partial charge in [0.2, 0.25) is 5.91 Å². The fraction of sp³-hybridized carbons (Fsp3) is 0.438. The summed E-state index contributed by atoms with van der Waals surface area (Å²) in [4.78, 5) is 27.7. The molecule has 0 spiro atoms. The van der Waals surface area contributed by atoms with Crippen molar-refractivity contribution in [3.05, 3.63) is 29.3 Å². The van der Waals surface area contributed by atoms with Gasteiger partial charge < -0.3 is 15.4 Å². The molecule has 124 valence electrons. The molecule has 1 aromatic carbocycles. The second kappa shape index (κ2) is 7.41. The van der Waals surface area contributed by atoms with E-state index in [9.17, 15) is 9.59 Å². The number of alkyl carbamates (subject to hydrolysis) is 1. The lowest BCUT2D eigenvalue weighted by molar-refractivity contribution is -0.121. The molecule has 0 saturated heterocycles. The van der Waals surface area contributed by atoms with Gasteiger partial charge in [0.05, 0.1) is 16.8 Å². The van der Waals surface area contributed by atoms with Crippen LogP contribution in [0.15, 0.2) is 24.3 Å². The lowest BCUT2D eigenvalue weighted by Crippen LogP contribution is -2.35. The van der Waals surface area contributed by atoms with Gasteiger partial charge in [-0.1, -0.05) is 12.1 Å². The van der Waals surface area contributed by atoms with E-state index in [-0.39, 0.29) is 18.9 Å². The number of carbonyl (C=O) groups is 2. The van der Waals surface area contributed by atoms with Crippen LogP contribution < -0.4 is 10.6 Å². The van der Waals surface area contributed by atoms with E-state index in [1.807, 2.05) is 24.3 Å². The van der Waals surface area contributed by atoms with Crippen molar-refractivity contribution < 1.29 is 14.3 Å². The van der Waals surface area contributed by atoms with Crippen molar-refractivity contribution in [3.63, 3.8) is 0 Å². The Morgan fingerprint density at radius 3 is 2.65 bits per heavy atom. The average molecular weight is 335 g/mol. The minimum Gasteiger partial charge on any atom is -0.444 e. The molecule has 1 aromatic heterocycles. The Morgan fingerprint density at radius 2 is 1.96 bits per heavy atom. The van der Waals surface area contributed by atoms with E-state index >= 15 is 0 Å². The number of para-hydroxylation sites is 1. The van der Waals surface area contributed by atoms with Gasteiger partial charge in [-0.2, -0.15) is 0 Å². The number of carbonyl (C=O) groups excluding carboxylic acids is 2. The van der Waals surface area contributed by atoms with Gasteiger partial charge >= 0.3 is 6.09 Å². The molecule has 0 aliphatic heterocycles. The lowest BCUT2D eigenvalue weighted by atomic mass is 10.2. The van der Waals surface area contributed by atoms with Crippen molar-refractivity contribution in [2.24, 2.45) is 0 Å². The van der Waals surface area contributed by atoms with Crippen LogP contribution in [0.2, 0.25) is 0 Å². The monoisotopic (exact) mass is 335 g/mol. The Hall–Kier alpha value is -2.15. The summed E-state index contributed by atoms with van der Waals surface area (Å²) < 4.78 is 6.19. The van der Waals surface area contributed by atoms with Crippen molar-refractivity contribution in [3.8, 4) is 0 Å². The van der Waals surface area contributed by atoms with Gasteiger partial charge in [-0.25, -0.2) is 9.78 Å². The molecule has 0 aliphatic carbocycles. The number of hydrogen-bond donors (Lipinski definition) is 2. The SMILES string of the molecule is CC(C)(C)OC(=O)NCCC(=O)NCc1nc2ccccc2s1. The molecule has 7 heteroatoms. The summed E-state index contributed by atoms with van der Waals surface area (Å²) in [6, 6.07) is 7.85. The van der Waals surface area contributed by atoms with E-state index in [4.69, 9.17) is 4.74 Å². The summed E-state index contributed by atoms with van der Waals surface area (Å²) in [6.45, 7) is 6.00. The first-order valence-corrected chi connectivity index (χ1v) is 8.23. The second-order valence-corrected chi connectivity index (χ2v) is 7.15. The number of rotatable bonds is 5. The van der Waals surface area contributed by atoms with E-state index < -0.39 is 11.7 Å². The van der Waals surface area contributed by atoms with Crippen LogP contribution in [-0.4, -0.2) is 29.1 Å². The third kappa shape index (κ3) is 5.86. The van der Waals surface area contributed by atoms with Crippen molar-refractivity contribution in [1.82, 2.24) is 15.6 Å². The summed E-state index contributed by atoms with van der Waals surface area (Å²) >= 11 is 1.56. The van der Waals surface area contributed by atoms with Crippen LogP contribution in [-0.2, 0) is 16.1 Å². The number of ether oxygens (including phenoxy) is 1. The van der Waals surface area contributed by atoms with Crippen LogP contribution >= 0.6 is 11.3 Å². The number of hydrogen-bond acceptors (Lipinski definition) is 5. The number of fused-ring (bicyclic) bond motifs is 1. The summed E-state index contributed by atoms with van der Waals surface area (Å²) in [5, 5.41) is 6.21. The predicted octanol–water partition coefficient (Wildman–Crippen LogP) is 2.83. The molecule has 6 nitrogen and oxygen atoms in total.